The fraction of sp³-hybridized carbons (Fsp3) is 0.500. The van der Waals surface area contributed by atoms with E-state index in [0.717, 1.165) is 18.7 Å². The van der Waals surface area contributed by atoms with Crippen molar-refractivity contribution in [1.29, 1.82) is 0 Å². The summed E-state index contributed by atoms with van der Waals surface area (Å²) in [4.78, 5) is 19.1. The molecule has 1 aliphatic carbocycles. The summed E-state index contributed by atoms with van der Waals surface area (Å²) in [5, 5.41) is 4.05. The van der Waals surface area contributed by atoms with Crippen molar-refractivity contribution in [2.45, 2.75) is 38.0 Å². The van der Waals surface area contributed by atoms with Crippen molar-refractivity contribution in [3.63, 3.8) is 0 Å². The van der Waals surface area contributed by atoms with Gasteiger partial charge in [-0.2, -0.15) is 4.98 Å². The number of aromatic nitrogens is 3. The summed E-state index contributed by atoms with van der Waals surface area (Å²) in [6, 6.07) is 1.41. The number of nitrogens with zero attached hydrogens (tertiary/aromatic N) is 2. The summed E-state index contributed by atoms with van der Waals surface area (Å²) in [5.74, 6) is 1.74. The second kappa shape index (κ2) is 5.48. The number of nitrogens with one attached hydrogen (secondary N) is 1. The lowest BCUT2D eigenvalue weighted by Crippen LogP contribution is -2.06. The van der Waals surface area contributed by atoms with Crippen LogP contribution in [0.15, 0.2) is 21.6 Å². The van der Waals surface area contributed by atoms with Gasteiger partial charge in [0.25, 0.3) is 5.89 Å². The zero-order chi connectivity index (χ0) is 13.9. The Labute approximate surface area is 116 Å². The molecule has 2 aromatic heterocycles. The Morgan fingerprint density at radius 3 is 2.85 bits per heavy atom. The Bertz CT molecular complexity index is 641. The normalized spacial score (nSPS) is 16.2. The maximum absolute atomic E-state index is 11.7. The van der Waals surface area contributed by atoms with Crippen molar-refractivity contribution in [2.75, 3.05) is 7.11 Å². The fourth-order valence-corrected chi connectivity index (χ4v) is 2.61. The van der Waals surface area contributed by atoms with Crippen LogP contribution in [-0.4, -0.2) is 22.2 Å². The summed E-state index contributed by atoms with van der Waals surface area (Å²) in [6.07, 6.45) is 7.44. The molecule has 0 saturated heterocycles. The molecule has 1 aliphatic rings. The number of methoxy groups -OCH3 is 1. The van der Waals surface area contributed by atoms with Gasteiger partial charge >= 0.3 is 0 Å². The van der Waals surface area contributed by atoms with Crippen LogP contribution in [0.2, 0.25) is 0 Å². The van der Waals surface area contributed by atoms with Crippen LogP contribution < -0.4 is 10.2 Å². The quantitative estimate of drug-likeness (QED) is 0.930. The molecule has 0 atom stereocenters. The van der Waals surface area contributed by atoms with Gasteiger partial charge in [0, 0.05) is 18.2 Å². The second-order valence-corrected chi connectivity index (χ2v) is 5.07. The minimum atomic E-state index is -0.210. The molecule has 0 amide bonds. The molecule has 0 aliphatic heterocycles. The van der Waals surface area contributed by atoms with Crippen molar-refractivity contribution in [3.8, 4) is 17.3 Å². The number of hydrogen-bond acceptors (Lipinski definition) is 5. The largest absolute Gasteiger partial charge is 0.491 e. The van der Waals surface area contributed by atoms with Crippen molar-refractivity contribution in [2.24, 2.45) is 0 Å². The monoisotopic (exact) mass is 275 g/mol. The van der Waals surface area contributed by atoms with E-state index in [-0.39, 0.29) is 11.2 Å². The van der Waals surface area contributed by atoms with Crippen LogP contribution >= 0.6 is 0 Å². The summed E-state index contributed by atoms with van der Waals surface area (Å²) >= 11 is 0. The number of aromatic amines is 1. The highest BCUT2D eigenvalue weighted by Gasteiger charge is 2.21. The predicted molar refractivity (Wildman–Crippen MR) is 72.7 cm³/mol. The zero-order valence-corrected chi connectivity index (χ0v) is 11.4. The van der Waals surface area contributed by atoms with Crippen LogP contribution in [0, 0.1) is 0 Å². The van der Waals surface area contributed by atoms with Gasteiger partial charge in [0.15, 0.2) is 11.6 Å². The third-order valence-electron chi connectivity index (χ3n) is 3.74. The first-order valence-corrected chi connectivity index (χ1v) is 6.88. The second-order valence-electron chi connectivity index (χ2n) is 5.07. The van der Waals surface area contributed by atoms with E-state index in [1.165, 1.54) is 38.6 Å². The summed E-state index contributed by atoms with van der Waals surface area (Å²) in [5.41, 5.74) is 0.309. The van der Waals surface area contributed by atoms with E-state index < -0.39 is 0 Å². The Morgan fingerprint density at radius 2 is 2.15 bits per heavy atom. The van der Waals surface area contributed by atoms with Crippen LogP contribution in [0.25, 0.3) is 11.6 Å². The maximum Gasteiger partial charge on any atom is 0.274 e. The molecule has 6 nitrogen and oxygen atoms in total. The smallest absolute Gasteiger partial charge is 0.274 e. The van der Waals surface area contributed by atoms with E-state index in [0.29, 0.717) is 17.5 Å². The number of ether oxygens (including phenoxy) is 1. The first-order valence-electron chi connectivity index (χ1n) is 6.88. The summed E-state index contributed by atoms with van der Waals surface area (Å²) in [6.45, 7) is 0. The standard InChI is InChI=1S/C14H17N3O3/c1-19-12-8-15-10(7-11(12)18)14-16-13(17-20-14)9-5-3-2-4-6-9/h7-9H,2-6H2,1H3,(H,15,18). The first kappa shape index (κ1) is 12.9. The van der Waals surface area contributed by atoms with E-state index in [1.54, 1.807) is 0 Å². The van der Waals surface area contributed by atoms with Crippen molar-refractivity contribution < 1.29 is 9.26 Å². The van der Waals surface area contributed by atoms with Crippen molar-refractivity contribution in [1.82, 2.24) is 15.1 Å². The van der Waals surface area contributed by atoms with E-state index in [4.69, 9.17) is 9.26 Å². The topological polar surface area (TPSA) is 81.0 Å². The van der Waals surface area contributed by atoms with Gasteiger partial charge in [0.2, 0.25) is 5.43 Å². The molecule has 1 N–H and O–H groups in total. The fourth-order valence-electron chi connectivity index (χ4n) is 2.61. The average molecular weight is 275 g/mol. The highest BCUT2D eigenvalue weighted by molar-refractivity contribution is 5.47. The van der Waals surface area contributed by atoms with Gasteiger partial charge in [0.1, 0.15) is 5.69 Å². The first-order chi connectivity index (χ1) is 9.78. The Kier molecular flexibility index (Phi) is 3.54. The molecule has 6 heteroatoms. The average Bonchev–Trinajstić information content (AvgIpc) is 2.98. The number of H-pyrrole nitrogens is 1. The summed E-state index contributed by atoms with van der Waals surface area (Å²) < 4.78 is 10.2. The van der Waals surface area contributed by atoms with Crippen molar-refractivity contribution >= 4 is 0 Å². The molecule has 0 spiro atoms. The third-order valence-corrected chi connectivity index (χ3v) is 3.74. The van der Waals surface area contributed by atoms with Crippen LogP contribution in [-0.2, 0) is 0 Å². The van der Waals surface area contributed by atoms with Gasteiger partial charge in [-0.1, -0.05) is 24.4 Å². The lowest BCUT2D eigenvalue weighted by atomic mass is 9.89. The molecular weight excluding hydrogens is 258 g/mol. The van der Waals surface area contributed by atoms with Gasteiger partial charge < -0.3 is 14.2 Å². The molecule has 3 rings (SSSR count). The lowest BCUT2D eigenvalue weighted by Gasteiger charge is -2.17. The van der Waals surface area contributed by atoms with Crippen LogP contribution in [0.4, 0.5) is 0 Å². The van der Waals surface area contributed by atoms with E-state index >= 15 is 0 Å². The van der Waals surface area contributed by atoms with Gasteiger partial charge in [-0.05, 0) is 12.8 Å². The molecule has 106 valence electrons. The maximum atomic E-state index is 11.7. The van der Waals surface area contributed by atoms with Gasteiger partial charge in [0.05, 0.1) is 7.11 Å². The molecule has 20 heavy (non-hydrogen) atoms. The molecule has 0 bridgehead atoms. The molecule has 2 heterocycles. The molecule has 0 unspecified atom stereocenters. The van der Waals surface area contributed by atoms with E-state index in [9.17, 15) is 4.79 Å². The van der Waals surface area contributed by atoms with Gasteiger partial charge in [-0.15, -0.1) is 0 Å². The van der Waals surface area contributed by atoms with Crippen molar-refractivity contribution in [3.05, 3.63) is 28.3 Å². The van der Waals surface area contributed by atoms with E-state index in [1.807, 2.05) is 0 Å². The zero-order valence-electron chi connectivity index (χ0n) is 11.4. The van der Waals surface area contributed by atoms with Crippen LogP contribution in [0.1, 0.15) is 43.8 Å². The highest BCUT2D eigenvalue weighted by Crippen LogP contribution is 2.31. The Hall–Kier alpha value is -2.11. The van der Waals surface area contributed by atoms with E-state index in [2.05, 4.69) is 15.1 Å². The molecule has 1 saturated carbocycles. The number of pyridine rings is 1. The van der Waals surface area contributed by atoms with Crippen LogP contribution in [0.3, 0.4) is 0 Å². The molecule has 0 aromatic carbocycles. The minimum Gasteiger partial charge on any atom is -0.491 e. The molecular formula is C14H17N3O3. The molecule has 2 aromatic rings. The van der Waals surface area contributed by atoms with Crippen LogP contribution in [0.5, 0.6) is 5.75 Å². The molecule has 0 radical (unpaired) electrons. The Morgan fingerprint density at radius 1 is 1.35 bits per heavy atom. The molecule has 1 fully saturated rings. The van der Waals surface area contributed by atoms with Gasteiger partial charge in [-0.3, -0.25) is 4.79 Å². The third kappa shape index (κ3) is 2.45. The number of rotatable bonds is 3. The minimum absolute atomic E-state index is 0.210. The lowest BCUT2D eigenvalue weighted by molar-refractivity contribution is 0.384. The highest BCUT2D eigenvalue weighted by atomic mass is 16.5. The number of hydrogen-bond donors (Lipinski definition) is 1. The SMILES string of the molecule is COc1c[nH]c(-c2nc(C3CCCCC3)no2)cc1=O. The summed E-state index contributed by atoms with van der Waals surface area (Å²) in [7, 11) is 1.46. The Balaban J connectivity index is 1.86. The predicted octanol–water partition coefficient (Wildman–Crippen LogP) is 2.48. The van der Waals surface area contributed by atoms with Gasteiger partial charge in [-0.25, -0.2) is 0 Å².